The summed E-state index contributed by atoms with van der Waals surface area (Å²) in [7, 11) is 0. The van der Waals surface area contributed by atoms with Gasteiger partial charge in [0.05, 0.1) is 17.4 Å². The minimum Gasteiger partial charge on any atom is -0.419 e. The number of cyclic esters (lactones) is 2. The van der Waals surface area contributed by atoms with E-state index in [1.54, 1.807) is 24.3 Å². The number of benzene rings is 1. The molecule has 2 aliphatic rings. The molecule has 1 unspecified atom stereocenters. The van der Waals surface area contributed by atoms with Gasteiger partial charge in [0, 0.05) is 33.2 Å². The number of rotatable bonds is 5. The highest BCUT2D eigenvalue weighted by Gasteiger charge is 2.39. The predicted octanol–water partition coefficient (Wildman–Crippen LogP) is 1.73. The lowest BCUT2D eigenvalue weighted by Gasteiger charge is -2.29. The van der Waals surface area contributed by atoms with Crippen LogP contribution in [0, 0.1) is 0 Å². The first-order chi connectivity index (χ1) is 12.9. The molecule has 2 aliphatic heterocycles. The summed E-state index contributed by atoms with van der Waals surface area (Å²) in [5.74, 6) is -3.15. The Morgan fingerprint density at radius 2 is 1.93 bits per heavy atom. The maximum Gasteiger partial charge on any atom is 0.350 e. The fraction of sp³-hybridized carbons (Fsp3) is 0.421. The van der Waals surface area contributed by atoms with Crippen molar-refractivity contribution in [1.29, 1.82) is 0 Å². The predicted molar refractivity (Wildman–Crippen MR) is 95.7 cm³/mol. The summed E-state index contributed by atoms with van der Waals surface area (Å²) in [5, 5.41) is 5.66. The number of nitrogens with one attached hydrogen (secondary N) is 2. The molecule has 0 spiro atoms. The van der Waals surface area contributed by atoms with E-state index in [1.807, 2.05) is 0 Å². The summed E-state index contributed by atoms with van der Waals surface area (Å²) in [6.07, 6.45) is 3.14. The molecule has 0 radical (unpaired) electrons. The van der Waals surface area contributed by atoms with Crippen LogP contribution >= 0.6 is 0 Å². The van der Waals surface area contributed by atoms with Gasteiger partial charge in [-0.05, 0) is 25.0 Å². The summed E-state index contributed by atoms with van der Waals surface area (Å²) >= 11 is 0. The van der Waals surface area contributed by atoms with Gasteiger partial charge in [-0.1, -0.05) is 12.1 Å². The molecule has 0 saturated carbocycles. The van der Waals surface area contributed by atoms with E-state index >= 15 is 0 Å². The average Bonchev–Trinajstić information content (AvgIpc) is 3.12. The van der Waals surface area contributed by atoms with Gasteiger partial charge in [-0.15, -0.1) is 0 Å². The van der Waals surface area contributed by atoms with E-state index in [9.17, 15) is 14.4 Å². The fourth-order valence-electron chi connectivity index (χ4n) is 2.84. The second kappa shape index (κ2) is 7.79. The number of ether oxygens (including phenoxy) is 3. The van der Waals surface area contributed by atoms with Gasteiger partial charge >= 0.3 is 11.9 Å². The van der Waals surface area contributed by atoms with Crippen molar-refractivity contribution in [2.24, 2.45) is 0 Å². The highest BCUT2D eigenvalue weighted by Crippen LogP contribution is 2.23. The van der Waals surface area contributed by atoms with Gasteiger partial charge in [-0.25, -0.2) is 9.59 Å². The first-order valence-electron chi connectivity index (χ1n) is 8.78. The minimum atomic E-state index is -1.30. The normalized spacial score (nSPS) is 21.3. The van der Waals surface area contributed by atoms with Crippen molar-refractivity contribution in [1.82, 2.24) is 5.32 Å². The van der Waals surface area contributed by atoms with Gasteiger partial charge in [-0.3, -0.25) is 4.79 Å². The van der Waals surface area contributed by atoms with E-state index < -0.39 is 17.7 Å². The number of carbonyl (C=O) groups excluding carboxylic acids is 3. The highest BCUT2D eigenvalue weighted by atomic mass is 16.7. The molecule has 2 N–H and O–H groups in total. The van der Waals surface area contributed by atoms with E-state index in [1.165, 1.54) is 20.0 Å². The van der Waals surface area contributed by atoms with E-state index in [0.29, 0.717) is 17.8 Å². The summed E-state index contributed by atoms with van der Waals surface area (Å²) in [6, 6.07) is 6.77. The number of anilines is 1. The number of esters is 2. The van der Waals surface area contributed by atoms with Gasteiger partial charge in [0.1, 0.15) is 0 Å². The van der Waals surface area contributed by atoms with Gasteiger partial charge < -0.3 is 24.8 Å². The number of carbonyl (C=O) groups is 3. The van der Waals surface area contributed by atoms with Gasteiger partial charge in [-0.2, -0.15) is 0 Å². The van der Waals surface area contributed by atoms with Crippen LogP contribution in [0.4, 0.5) is 5.69 Å². The molecular weight excluding hydrogens is 352 g/mol. The Balaban J connectivity index is 1.69. The maximum atomic E-state index is 12.5. The molecule has 0 bridgehead atoms. The van der Waals surface area contributed by atoms with E-state index in [2.05, 4.69) is 10.6 Å². The molecule has 27 heavy (non-hydrogen) atoms. The largest absolute Gasteiger partial charge is 0.419 e. The summed E-state index contributed by atoms with van der Waals surface area (Å²) in [4.78, 5) is 36.4. The van der Waals surface area contributed by atoms with Crippen LogP contribution in [0.5, 0.6) is 0 Å². The zero-order chi connectivity index (χ0) is 19.4. The van der Waals surface area contributed by atoms with Crippen LogP contribution in [0.25, 0.3) is 0 Å². The van der Waals surface area contributed by atoms with Crippen LogP contribution in [0.1, 0.15) is 37.0 Å². The fourth-order valence-corrected chi connectivity index (χ4v) is 2.84. The number of para-hydroxylation sites is 1. The van der Waals surface area contributed by atoms with Crippen molar-refractivity contribution in [3.63, 3.8) is 0 Å². The number of amides is 1. The lowest BCUT2D eigenvalue weighted by atomic mass is 10.1. The minimum absolute atomic E-state index is 0.0336. The molecule has 144 valence electrons. The van der Waals surface area contributed by atoms with Crippen molar-refractivity contribution in [2.75, 3.05) is 18.5 Å². The van der Waals surface area contributed by atoms with Gasteiger partial charge in [0.15, 0.2) is 5.57 Å². The van der Waals surface area contributed by atoms with E-state index in [0.717, 1.165) is 19.4 Å². The quantitative estimate of drug-likeness (QED) is 0.460. The first kappa shape index (κ1) is 18.9. The van der Waals surface area contributed by atoms with Gasteiger partial charge in [0.25, 0.3) is 11.7 Å². The molecular formula is C19H22N2O6. The second-order valence-electron chi connectivity index (χ2n) is 6.77. The monoisotopic (exact) mass is 374 g/mol. The van der Waals surface area contributed by atoms with E-state index in [-0.39, 0.29) is 17.6 Å². The lowest BCUT2D eigenvalue weighted by Crippen LogP contribution is -2.42. The smallest absolute Gasteiger partial charge is 0.350 e. The standard InChI is InChI=1S/C19H22N2O6/c1-19(2)26-17(23)14(18(24)27-19)11-20-15-8-4-3-7-13(15)16(22)21-10-12-6-5-9-25-12/h3-4,7-8,11-12,20H,5-6,9-10H2,1-2H3,(H,21,22). The molecule has 3 rings (SSSR count). The van der Waals surface area contributed by atoms with Crippen LogP contribution in [-0.4, -0.2) is 42.9 Å². The molecule has 1 aromatic carbocycles. The molecule has 8 heteroatoms. The van der Waals surface area contributed by atoms with Crippen molar-refractivity contribution in [3.05, 3.63) is 41.6 Å². The maximum absolute atomic E-state index is 12.5. The SMILES string of the molecule is CC1(C)OC(=O)C(=CNc2ccccc2C(=O)NCC2CCCO2)C(=O)O1. The van der Waals surface area contributed by atoms with Crippen molar-refractivity contribution in [2.45, 2.75) is 38.6 Å². The second-order valence-corrected chi connectivity index (χ2v) is 6.77. The summed E-state index contributed by atoms with van der Waals surface area (Å²) in [6.45, 7) is 4.10. The van der Waals surface area contributed by atoms with Crippen LogP contribution < -0.4 is 10.6 Å². The van der Waals surface area contributed by atoms with Crippen molar-refractivity contribution in [3.8, 4) is 0 Å². The highest BCUT2D eigenvalue weighted by molar-refractivity contribution is 6.15. The zero-order valence-electron chi connectivity index (χ0n) is 15.2. The summed E-state index contributed by atoms with van der Waals surface area (Å²) < 4.78 is 15.6. The third kappa shape index (κ3) is 4.65. The molecule has 8 nitrogen and oxygen atoms in total. The average molecular weight is 374 g/mol. The Morgan fingerprint density at radius 1 is 1.22 bits per heavy atom. The molecule has 2 saturated heterocycles. The number of hydrogen-bond donors (Lipinski definition) is 2. The van der Waals surface area contributed by atoms with E-state index in [4.69, 9.17) is 14.2 Å². The zero-order valence-corrected chi connectivity index (χ0v) is 15.2. The Labute approximate surface area is 156 Å². The Bertz CT molecular complexity index is 758. The Morgan fingerprint density at radius 3 is 2.59 bits per heavy atom. The molecule has 2 fully saturated rings. The van der Waals surface area contributed by atoms with Gasteiger partial charge in [0.2, 0.25) is 0 Å². The first-order valence-corrected chi connectivity index (χ1v) is 8.78. The molecule has 2 heterocycles. The van der Waals surface area contributed by atoms with Crippen molar-refractivity contribution < 1.29 is 28.6 Å². The van der Waals surface area contributed by atoms with Crippen LogP contribution in [0.3, 0.4) is 0 Å². The number of hydrogen-bond acceptors (Lipinski definition) is 7. The van der Waals surface area contributed by atoms with Crippen LogP contribution in [-0.2, 0) is 23.8 Å². The van der Waals surface area contributed by atoms with Crippen LogP contribution in [0.2, 0.25) is 0 Å². The third-order valence-corrected chi connectivity index (χ3v) is 4.17. The molecule has 1 aromatic rings. The Hall–Kier alpha value is -2.87. The van der Waals surface area contributed by atoms with Crippen molar-refractivity contribution >= 4 is 23.5 Å². The Kier molecular flexibility index (Phi) is 5.46. The molecule has 1 atom stereocenters. The molecule has 0 aliphatic carbocycles. The lowest BCUT2D eigenvalue weighted by molar-refractivity contribution is -0.222. The van der Waals surface area contributed by atoms with Crippen LogP contribution in [0.15, 0.2) is 36.0 Å². The molecule has 0 aromatic heterocycles. The third-order valence-electron chi connectivity index (χ3n) is 4.17. The summed E-state index contributed by atoms with van der Waals surface area (Å²) in [5.41, 5.74) is 0.550. The molecule has 1 amide bonds. The topological polar surface area (TPSA) is 103 Å².